The highest BCUT2D eigenvalue weighted by molar-refractivity contribution is 5.97. The summed E-state index contributed by atoms with van der Waals surface area (Å²) in [6.07, 6.45) is 4.65. The van der Waals surface area contributed by atoms with Crippen LogP contribution in [0.2, 0.25) is 0 Å². The lowest BCUT2D eigenvalue weighted by Gasteiger charge is -2.25. The minimum absolute atomic E-state index is 0.0678. The van der Waals surface area contributed by atoms with Crippen LogP contribution in [0, 0.1) is 18.8 Å². The highest BCUT2D eigenvalue weighted by Gasteiger charge is 2.25. The van der Waals surface area contributed by atoms with Gasteiger partial charge in [0, 0.05) is 18.7 Å². The highest BCUT2D eigenvalue weighted by atomic mass is 16.2. The first kappa shape index (κ1) is 14.6. The molecule has 0 bridgehead atoms. The number of carbonyl (C=O) groups excluding carboxylic acids is 1. The van der Waals surface area contributed by atoms with Crippen molar-refractivity contribution >= 4 is 5.91 Å². The first-order valence-corrected chi connectivity index (χ1v) is 7.20. The summed E-state index contributed by atoms with van der Waals surface area (Å²) in [6, 6.07) is 6.17. The van der Waals surface area contributed by atoms with E-state index in [4.69, 9.17) is 5.73 Å². The van der Waals surface area contributed by atoms with E-state index in [9.17, 15) is 4.79 Å². The van der Waals surface area contributed by atoms with E-state index in [0.717, 1.165) is 24.0 Å². The van der Waals surface area contributed by atoms with Gasteiger partial charge in [-0.1, -0.05) is 30.7 Å². The van der Waals surface area contributed by atoms with Crippen LogP contribution < -0.4 is 5.73 Å². The molecule has 0 unspecified atom stereocenters. The molecule has 2 rings (SSSR count). The molecule has 3 nitrogen and oxygen atoms in total. The monoisotopic (exact) mass is 270 g/mol. The molecule has 3 heteroatoms. The van der Waals surface area contributed by atoms with Crippen molar-refractivity contribution in [3.05, 3.63) is 34.9 Å². The third-order valence-corrected chi connectivity index (χ3v) is 3.92. The molecule has 1 fully saturated rings. The van der Waals surface area contributed by atoms with Crippen LogP contribution in [0.4, 0.5) is 0 Å². The Bertz CT molecular complexity index is 548. The van der Waals surface area contributed by atoms with Crippen molar-refractivity contribution < 1.29 is 4.79 Å². The quantitative estimate of drug-likeness (QED) is 0.838. The van der Waals surface area contributed by atoms with Crippen molar-refractivity contribution in [3.8, 4) is 11.8 Å². The fourth-order valence-corrected chi connectivity index (χ4v) is 2.74. The lowest BCUT2D eigenvalue weighted by molar-refractivity contribution is 0.0735. The summed E-state index contributed by atoms with van der Waals surface area (Å²) >= 11 is 0. The summed E-state index contributed by atoms with van der Waals surface area (Å²) in [5, 5.41) is 0. The van der Waals surface area contributed by atoms with Crippen LogP contribution in [0.1, 0.15) is 47.2 Å². The number of nitrogens with zero attached hydrogens (tertiary/aromatic N) is 1. The van der Waals surface area contributed by atoms with Gasteiger partial charge in [0.15, 0.2) is 0 Å². The van der Waals surface area contributed by atoms with Gasteiger partial charge in [-0.3, -0.25) is 4.79 Å². The Labute approximate surface area is 121 Å². The van der Waals surface area contributed by atoms with Gasteiger partial charge in [-0.2, -0.15) is 0 Å². The largest absolute Gasteiger partial charge is 0.339 e. The Hall–Kier alpha value is -1.79. The average Bonchev–Trinajstić information content (AvgIpc) is 2.97. The Morgan fingerprint density at radius 3 is 2.75 bits per heavy atom. The van der Waals surface area contributed by atoms with E-state index in [0.29, 0.717) is 18.2 Å². The van der Waals surface area contributed by atoms with Crippen LogP contribution in [0.15, 0.2) is 18.2 Å². The first-order chi connectivity index (χ1) is 9.63. The van der Waals surface area contributed by atoms with Crippen LogP contribution in [0.5, 0.6) is 0 Å². The molecule has 1 aliphatic carbocycles. The fraction of sp³-hybridized carbons (Fsp3) is 0.471. The number of amides is 1. The Balaban J connectivity index is 2.28. The van der Waals surface area contributed by atoms with Crippen LogP contribution in [-0.4, -0.2) is 30.4 Å². The van der Waals surface area contributed by atoms with Gasteiger partial charge in [0.1, 0.15) is 0 Å². The number of benzene rings is 1. The fourth-order valence-electron chi connectivity index (χ4n) is 2.74. The maximum Gasteiger partial charge on any atom is 0.255 e. The Morgan fingerprint density at radius 1 is 1.40 bits per heavy atom. The number of rotatable bonds is 2. The maximum atomic E-state index is 12.7. The second-order valence-electron chi connectivity index (χ2n) is 5.41. The molecule has 0 radical (unpaired) electrons. The molecule has 0 saturated heterocycles. The van der Waals surface area contributed by atoms with Crippen molar-refractivity contribution in [1.29, 1.82) is 0 Å². The van der Waals surface area contributed by atoms with Crippen molar-refractivity contribution in [2.75, 3.05) is 13.6 Å². The van der Waals surface area contributed by atoms with E-state index in [1.54, 1.807) is 0 Å². The summed E-state index contributed by atoms with van der Waals surface area (Å²) in [4.78, 5) is 14.5. The zero-order chi connectivity index (χ0) is 14.5. The molecule has 1 amide bonds. The summed E-state index contributed by atoms with van der Waals surface area (Å²) in [6.45, 7) is 2.31. The predicted octanol–water partition coefficient (Wildman–Crippen LogP) is 2.32. The van der Waals surface area contributed by atoms with Crippen LogP contribution >= 0.6 is 0 Å². The molecule has 0 heterocycles. The van der Waals surface area contributed by atoms with Gasteiger partial charge in [-0.25, -0.2) is 0 Å². The molecule has 20 heavy (non-hydrogen) atoms. The molecule has 0 spiro atoms. The van der Waals surface area contributed by atoms with Crippen molar-refractivity contribution in [1.82, 2.24) is 4.90 Å². The summed E-state index contributed by atoms with van der Waals surface area (Å²) in [5.74, 6) is 5.93. The van der Waals surface area contributed by atoms with E-state index in [2.05, 4.69) is 11.8 Å². The molecule has 1 saturated carbocycles. The smallest absolute Gasteiger partial charge is 0.255 e. The lowest BCUT2D eigenvalue weighted by atomic mass is 10.0. The standard InChI is InChI=1S/C17H22N2O/c1-13-9-10-16(14(12-13)6-5-11-18)17(20)19(2)15-7-3-4-8-15/h9-10,12,15H,3-4,7-8,11,18H2,1-2H3. The molecular weight excluding hydrogens is 248 g/mol. The summed E-state index contributed by atoms with van der Waals surface area (Å²) < 4.78 is 0. The minimum atomic E-state index is 0.0678. The zero-order valence-electron chi connectivity index (χ0n) is 12.3. The van der Waals surface area contributed by atoms with Crippen molar-refractivity contribution in [3.63, 3.8) is 0 Å². The molecule has 106 valence electrons. The van der Waals surface area contributed by atoms with Crippen LogP contribution in [-0.2, 0) is 0 Å². The van der Waals surface area contributed by atoms with Gasteiger partial charge in [0.25, 0.3) is 5.91 Å². The highest BCUT2D eigenvalue weighted by Crippen LogP contribution is 2.24. The lowest BCUT2D eigenvalue weighted by Crippen LogP contribution is -2.35. The molecule has 1 aromatic carbocycles. The van der Waals surface area contributed by atoms with E-state index < -0.39 is 0 Å². The van der Waals surface area contributed by atoms with E-state index in [-0.39, 0.29) is 5.91 Å². The zero-order valence-corrected chi connectivity index (χ0v) is 12.3. The molecular formula is C17H22N2O. The number of aryl methyl sites for hydroxylation is 1. The third kappa shape index (κ3) is 3.20. The third-order valence-electron chi connectivity index (χ3n) is 3.92. The normalized spacial score (nSPS) is 14.8. The summed E-state index contributed by atoms with van der Waals surface area (Å²) in [7, 11) is 1.90. The molecule has 1 aromatic rings. The second kappa shape index (κ2) is 6.58. The van der Waals surface area contributed by atoms with E-state index in [1.807, 2.05) is 37.1 Å². The minimum Gasteiger partial charge on any atom is -0.339 e. The van der Waals surface area contributed by atoms with Gasteiger partial charge >= 0.3 is 0 Å². The number of carbonyl (C=O) groups is 1. The molecule has 2 N–H and O–H groups in total. The Kier molecular flexibility index (Phi) is 4.81. The van der Waals surface area contributed by atoms with Crippen LogP contribution in [0.3, 0.4) is 0 Å². The van der Waals surface area contributed by atoms with Gasteiger partial charge < -0.3 is 10.6 Å². The second-order valence-corrected chi connectivity index (χ2v) is 5.41. The van der Waals surface area contributed by atoms with E-state index in [1.165, 1.54) is 12.8 Å². The topological polar surface area (TPSA) is 46.3 Å². The molecule has 1 aliphatic rings. The predicted molar refractivity (Wildman–Crippen MR) is 81.5 cm³/mol. The number of nitrogens with two attached hydrogens (primary N) is 1. The molecule has 0 aliphatic heterocycles. The Morgan fingerprint density at radius 2 is 2.10 bits per heavy atom. The average molecular weight is 270 g/mol. The maximum absolute atomic E-state index is 12.7. The van der Waals surface area contributed by atoms with Gasteiger partial charge in [-0.05, 0) is 37.5 Å². The van der Waals surface area contributed by atoms with Crippen molar-refractivity contribution in [2.24, 2.45) is 5.73 Å². The molecule has 0 aromatic heterocycles. The van der Waals surface area contributed by atoms with Crippen molar-refractivity contribution in [2.45, 2.75) is 38.6 Å². The number of hydrogen-bond donors (Lipinski definition) is 1. The van der Waals surface area contributed by atoms with Gasteiger partial charge in [0.05, 0.1) is 12.1 Å². The summed E-state index contributed by atoms with van der Waals surface area (Å²) in [5.41, 5.74) is 8.00. The van der Waals surface area contributed by atoms with Gasteiger partial charge in [0.2, 0.25) is 0 Å². The first-order valence-electron chi connectivity index (χ1n) is 7.20. The van der Waals surface area contributed by atoms with Crippen LogP contribution in [0.25, 0.3) is 0 Å². The molecule has 0 atom stereocenters. The number of hydrogen-bond acceptors (Lipinski definition) is 2. The van der Waals surface area contributed by atoms with E-state index >= 15 is 0 Å². The SMILES string of the molecule is Cc1ccc(C(=O)N(C)C2CCCC2)c(C#CCN)c1. The van der Waals surface area contributed by atoms with Gasteiger partial charge in [-0.15, -0.1) is 0 Å².